The van der Waals surface area contributed by atoms with Gasteiger partial charge in [-0.15, -0.1) is 0 Å². The molecule has 3 N–H and O–H groups in total. The first-order valence-corrected chi connectivity index (χ1v) is 6.25. The van der Waals surface area contributed by atoms with Gasteiger partial charge >= 0.3 is 6.09 Å². The maximum Gasteiger partial charge on any atom is 0.410 e. The SMILES string of the molecule is CC(C)(C)OC(=O)N1C[C@@H]2CNC[C@]2(CN)C1. The number of rotatable bonds is 1. The quantitative estimate of drug-likeness (QED) is 0.697. The summed E-state index contributed by atoms with van der Waals surface area (Å²) >= 11 is 0. The summed E-state index contributed by atoms with van der Waals surface area (Å²) in [5.41, 5.74) is 5.52. The van der Waals surface area contributed by atoms with Gasteiger partial charge in [-0.1, -0.05) is 0 Å². The summed E-state index contributed by atoms with van der Waals surface area (Å²) in [5.74, 6) is 0.472. The third-order valence-corrected chi connectivity index (χ3v) is 3.74. The molecule has 1 amide bonds. The number of fused-ring (bicyclic) bond motifs is 1. The van der Waals surface area contributed by atoms with E-state index in [-0.39, 0.29) is 11.5 Å². The summed E-state index contributed by atoms with van der Waals surface area (Å²) in [7, 11) is 0. The Kier molecular flexibility index (Phi) is 3.08. The number of hydrogen-bond donors (Lipinski definition) is 2. The molecule has 2 heterocycles. The van der Waals surface area contributed by atoms with E-state index in [4.69, 9.17) is 10.5 Å². The van der Waals surface area contributed by atoms with Crippen LogP contribution in [0.2, 0.25) is 0 Å². The monoisotopic (exact) mass is 241 g/mol. The Morgan fingerprint density at radius 1 is 1.59 bits per heavy atom. The van der Waals surface area contributed by atoms with E-state index in [1.807, 2.05) is 25.7 Å². The molecule has 0 aromatic heterocycles. The van der Waals surface area contributed by atoms with Crippen molar-refractivity contribution in [3.8, 4) is 0 Å². The molecule has 17 heavy (non-hydrogen) atoms. The zero-order valence-corrected chi connectivity index (χ0v) is 11.0. The lowest BCUT2D eigenvalue weighted by Gasteiger charge is -2.27. The van der Waals surface area contributed by atoms with Crippen LogP contribution in [0.25, 0.3) is 0 Å². The Bertz CT molecular complexity index is 313. The molecule has 2 rings (SSSR count). The van der Waals surface area contributed by atoms with Crippen molar-refractivity contribution in [3.05, 3.63) is 0 Å². The van der Waals surface area contributed by atoms with Crippen LogP contribution in [-0.4, -0.2) is 49.3 Å². The highest BCUT2D eigenvalue weighted by Gasteiger charge is 2.50. The van der Waals surface area contributed by atoms with E-state index in [9.17, 15) is 4.79 Å². The molecule has 0 unspecified atom stereocenters. The first-order valence-electron chi connectivity index (χ1n) is 6.25. The second-order valence-corrected chi connectivity index (χ2v) is 6.26. The fourth-order valence-corrected chi connectivity index (χ4v) is 2.78. The number of carbonyl (C=O) groups excluding carboxylic acids is 1. The molecule has 2 aliphatic rings. The van der Waals surface area contributed by atoms with Crippen LogP contribution in [-0.2, 0) is 4.74 Å². The third-order valence-electron chi connectivity index (χ3n) is 3.74. The van der Waals surface area contributed by atoms with Crippen LogP contribution in [0, 0.1) is 11.3 Å². The highest BCUT2D eigenvalue weighted by Crippen LogP contribution is 2.38. The average molecular weight is 241 g/mol. The van der Waals surface area contributed by atoms with Gasteiger partial charge in [0.2, 0.25) is 0 Å². The van der Waals surface area contributed by atoms with Gasteiger partial charge in [0, 0.05) is 38.1 Å². The molecular weight excluding hydrogens is 218 g/mol. The molecule has 0 aromatic carbocycles. The predicted octanol–water partition coefficient (Wildman–Crippen LogP) is 0.402. The van der Waals surface area contributed by atoms with Gasteiger partial charge in [-0.05, 0) is 26.7 Å². The second kappa shape index (κ2) is 4.14. The van der Waals surface area contributed by atoms with Crippen molar-refractivity contribution in [1.29, 1.82) is 0 Å². The summed E-state index contributed by atoms with van der Waals surface area (Å²) in [5, 5.41) is 3.36. The summed E-state index contributed by atoms with van der Waals surface area (Å²) in [6, 6.07) is 0. The van der Waals surface area contributed by atoms with Crippen molar-refractivity contribution in [1.82, 2.24) is 10.2 Å². The van der Waals surface area contributed by atoms with Crippen molar-refractivity contribution in [2.24, 2.45) is 17.1 Å². The molecule has 2 saturated heterocycles. The molecule has 2 atom stereocenters. The highest BCUT2D eigenvalue weighted by atomic mass is 16.6. The van der Waals surface area contributed by atoms with Crippen LogP contribution in [0.5, 0.6) is 0 Å². The van der Waals surface area contributed by atoms with Crippen LogP contribution < -0.4 is 11.1 Å². The van der Waals surface area contributed by atoms with Gasteiger partial charge < -0.3 is 20.7 Å². The normalized spacial score (nSPS) is 32.7. The van der Waals surface area contributed by atoms with Crippen molar-refractivity contribution in [2.75, 3.05) is 32.7 Å². The van der Waals surface area contributed by atoms with Gasteiger partial charge in [0.15, 0.2) is 0 Å². The fraction of sp³-hybridized carbons (Fsp3) is 0.917. The minimum absolute atomic E-state index is 0.0664. The molecule has 2 aliphatic heterocycles. The highest BCUT2D eigenvalue weighted by molar-refractivity contribution is 5.68. The van der Waals surface area contributed by atoms with Crippen LogP contribution in [0.1, 0.15) is 20.8 Å². The lowest BCUT2D eigenvalue weighted by molar-refractivity contribution is 0.0271. The van der Waals surface area contributed by atoms with Gasteiger partial charge in [-0.2, -0.15) is 0 Å². The standard InChI is InChI=1S/C12H23N3O2/c1-11(2,3)17-10(16)15-5-9-4-14-7-12(9,6-13)8-15/h9,14H,4-8,13H2,1-3H3/t9-,12+/m0/s1. The van der Waals surface area contributed by atoms with Gasteiger partial charge in [-0.3, -0.25) is 0 Å². The topological polar surface area (TPSA) is 67.6 Å². The molecule has 5 nitrogen and oxygen atoms in total. The van der Waals surface area contributed by atoms with E-state index in [0.717, 1.165) is 26.2 Å². The molecular formula is C12H23N3O2. The van der Waals surface area contributed by atoms with E-state index in [1.165, 1.54) is 0 Å². The summed E-state index contributed by atoms with van der Waals surface area (Å²) in [6.45, 7) is 9.65. The molecule has 2 fully saturated rings. The summed E-state index contributed by atoms with van der Waals surface area (Å²) < 4.78 is 5.40. The van der Waals surface area contributed by atoms with E-state index in [2.05, 4.69) is 5.32 Å². The van der Waals surface area contributed by atoms with Gasteiger partial charge in [-0.25, -0.2) is 4.79 Å². The number of nitrogens with two attached hydrogens (primary N) is 1. The third kappa shape index (κ3) is 2.40. The van der Waals surface area contributed by atoms with Gasteiger partial charge in [0.25, 0.3) is 0 Å². The molecule has 0 aromatic rings. The lowest BCUT2D eigenvalue weighted by atomic mass is 9.81. The Morgan fingerprint density at radius 2 is 2.29 bits per heavy atom. The zero-order chi connectivity index (χ0) is 12.7. The van der Waals surface area contributed by atoms with Crippen molar-refractivity contribution >= 4 is 6.09 Å². The lowest BCUT2D eigenvalue weighted by Crippen LogP contribution is -2.42. The van der Waals surface area contributed by atoms with Crippen LogP contribution in [0.3, 0.4) is 0 Å². The van der Waals surface area contributed by atoms with E-state index in [0.29, 0.717) is 12.5 Å². The van der Waals surface area contributed by atoms with Crippen molar-refractivity contribution in [3.63, 3.8) is 0 Å². The summed E-state index contributed by atoms with van der Waals surface area (Å²) in [4.78, 5) is 13.8. The Balaban J connectivity index is 2.00. The van der Waals surface area contributed by atoms with Gasteiger partial charge in [0.05, 0.1) is 0 Å². The molecule has 0 spiro atoms. The van der Waals surface area contributed by atoms with E-state index < -0.39 is 5.60 Å². The number of carbonyl (C=O) groups is 1. The Labute approximate surface area is 103 Å². The number of likely N-dealkylation sites (tertiary alicyclic amines) is 1. The zero-order valence-electron chi connectivity index (χ0n) is 11.0. The van der Waals surface area contributed by atoms with E-state index in [1.54, 1.807) is 0 Å². The molecule has 0 aliphatic carbocycles. The molecule has 98 valence electrons. The largest absolute Gasteiger partial charge is 0.444 e. The minimum Gasteiger partial charge on any atom is -0.444 e. The molecule has 0 saturated carbocycles. The number of hydrogen-bond acceptors (Lipinski definition) is 4. The predicted molar refractivity (Wildman–Crippen MR) is 65.7 cm³/mol. The molecule has 0 bridgehead atoms. The number of nitrogens with one attached hydrogen (secondary N) is 1. The Morgan fingerprint density at radius 3 is 2.82 bits per heavy atom. The summed E-state index contributed by atoms with van der Waals surface area (Å²) in [6.07, 6.45) is -0.209. The number of amides is 1. The smallest absolute Gasteiger partial charge is 0.410 e. The Hall–Kier alpha value is -0.810. The van der Waals surface area contributed by atoms with Crippen molar-refractivity contribution in [2.45, 2.75) is 26.4 Å². The maximum atomic E-state index is 12.0. The molecule has 0 radical (unpaired) electrons. The first-order chi connectivity index (χ1) is 7.86. The van der Waals surface area contributed by atoms with Crippen molar-refractivity contribution < 1.29 is 9.53 Å². The van der Waals surface area contributed by atoms with E-state index >= 15 is 0 Å². The number of nitrogens with zero attached hydrogens (tertiary/aromatic N) is 1. The van der Waals surface area contributed by atoms with Gasteiger partial charge in [0.1, 0.15) is 5.60 Å². The van der Waals surface area contributed by atoms with Crippen LogP contribution in [0.4, 0.5) is 4.79 Å². The maximum absolute atomic E-state index is 12.0. The second-order valence-electron chi connectivity index (χ2n) is 6.26. The number of ether oxygens (including phenoxy) is 1. The minimum atomic E-state index is -0.428. The first kappa shape index (κ1) is 12.6. The average Bonchev–Trinajstić information content (AvgIpc) is 2.70. The van der Waals surface area contributed by atoms with Crippen LogP contribution in [0.15, 0.2) is 0 Å². The van der Waals surface area contributed by atoms with Crippen LogP contribution >= 0.6 is 0 Å². The fourth-order valence-electron chi connectivity index (χ4n) is 2.78. The molecule has 5 heteroatoms.